The molecule has 0 saturated heterocycles. The Morgan fingerprint density at radius 1 is 1.30 bits per heavy atom. The van der Waals surface area contributed by atoms with Gasteiger partial charge in [-0.3, -0.25) is 4.79 Å². The van der Waals surface area contributed by atoms with E-state index in [4.69, 9.17) is 0 Å². The number of carbonyl (C=O) groups is 1. The quantitative estimate of drug-likeness (QED) is 0.565. The zero-order valence-corrected chi connectivity index (χ0v) is 14.0. The van der Waals surface area contributed by atoms with Crippen molar-refractivity contribution in [2.45, 2.75) is 44.4 Å². The second-order valence-electron chi connectivity index (χ2n) is 5.21. The molecule has 1 heterocycles. The van der Waals surface area contributed by atoms with Gasteiger partial charge in [-0.1, -0.05) is 43.7 Å². The third-order valence-corrected chi connectivity index (χ3v) is 4.30. The van der Waals surface area contributed by atoms with E-state index in [0.29, 0.717) is 6.54 Å². The molecular weight excluding hydrogens is 315 g/mol. The molecule has 0 unspecified atom stereocenters. The third-order valence-electron chi connectivity index (χ3n) is 3.32. The topological polar surface area (TPSA) is 59.8 Å². The maximum atomic E-state index is 12.8. The van der Waals surface area contributed by atoms with Crippen molar-refractivity contribution in [3.8, 4) is 0 Å². The van der Waals surface area contributed by atoms with Gasteiger partial charge in [0.25, 0.3) is 0 Å². The zero-order valence-electron chi connectivity index (χ0n) is 13.2. The summed E-state index contributed by atoms with van der Waals surface area (Å²) in [6, 6.07) is 6.09. The van der Waals surface area contributed by atoms with E-state index in [9.17, 15) is 9.18 Å². The Balaban J connectivity index is 1.74. The number of aromatic nitrogens is 3. The van der Waals surface area contributed by atoms with Crippen molar-refractivity contribution in [3.05, 3.63) is 42.0 Å². The predicted octanol–water partition coefficient (Wildman–Crippen LogP) is 3.02. The molecule has 1 aromatic carbocycles. The minimum Gasteiger partial charge on any atom is -0.351 e. The first kappa shape index (κ1) is 17.5. The van der Waals surface area contributed by atoms with Crippen LogP contribution in [-0.4, -0.2) is 26.4 Å². The molecule has 0 atom stereocenters. The second-order valence-corrected chi connectivity index (χ2v) is 6.15. The van der Waals surface area contributed by atoms with Crippen molar-refractivity contribution in [3.63, 3.8) is 0 Å². The molecule has 2 rings (SSSR count). The van der Waals surface area contributed by atoms with Crippen LogP contribution in [0.5, 0.6) is 0 Å². The first-order valence-corrected chi connectivity index (χ1v) is 8.69. The van der Waals surface area contributed by atoms with Gasteiger partial charge in [0.15, 0.2) is 5.16 Å². The number of nitrogens with zero attached hydrogens (tertiary/aromatic N) is 3. The Bertz CT molecular complexity index is 615. The summed E-state index contributed by atoms with van der Waals surface area (Å²) in [4.78, 5) is 11.9. The molecule has 5 nitrogen and oxygen atoms in total. The first-order valence-electron chi connectivity index (χ1n) is 7.70. The van der Waals surface area contributed by atoms with Crippen LogP contribution in [0.15, 0.2) is 35.7 Å². The minimum absolute atomic E-state index is 0.0811. The fraction of sp³-hybridized carbons (Fsp3) is 0.438. The Hall–Kier alpha value is -1.89. The summed E-state index contributed by atoms with van der Waals surface area (Å²) in [5, 5.41) is 11.5. The van der Waals surface area contributed by atoms with Crippen molar-refractivity contribution in [2.24, 2.45) is 0 Å². The molecule has 0 aliphatic carbocycles. The largest absolute Gasteiger partial charge is 0.351 e. The Labute approximate surface area is 139 Å². The van der Waals surface area contributed by atoms with Gasteiger partial charge in [-0.15, -0.1) is 10.2 Å². The highest BCUT2D eigenvalue weighted by Crippen LogP contribution is 2.15. The van der Waals surface area contributed by atoms with Crippen LogP contribution in [0.3, 0.4) is 0 Å². The lowest BCUT2D eigenvalue weighted by atomic mass is 10.2. The standard InChI is InChI=1S/C16H21FN4OS/c1-2-3-4-9-21-12-19-20-16(21)23-11-15(22)18-10-13-5-7-14(17)8-6-13/h5-8,12H,2-4,9-11H2,1H3,(H,18,22). The van der Waals surface area contributed by atoms with Gasteiger partial charge in [-0.05, 0) is 24.1 Å². The highest BCUT2D eigenvalue weighted by molar-refractivity contribution is 7.99. The number of carbonyl (C=O) groups excluding carboxylic acids is 1. The van der Waals surface area contributed by atoms with Gasteiger partial charge in [0.1, 0.15) is 12.1 Å². The van der Waals surface area contributed by atoms with Gasteiger partial charge in [0.05, 0.1) is 5.75 Å². The van der Waals surface area contributed by atoms with E-state index >= 15 is 0 Å². The van der Waals surface area contributed by atoms with Crippen LogP contribution in [-0.2, 0) is 17.9 Å². The second kappa shape index (κ2) is 9.29. The molecule has 1 N–H and O–H groups in total. The SMILES string of the molecule is CCCCCn1cnnc1SCC(=O)NCc1ccc(F)cc1. The molecule has 7 heteroatoms. The van der Waals surface area contributed by atoms with Crippen LogP contribution in [0, 0.1) is 5.82 Å². The summed E-state index contributed by atoms with van der Waals surface area (Å²) in [6.45, 7) is 3.43. The fourth-order valence-corrected chi connectivity index (χ4v) is 2.80. The van der Waals surface area contributed by atoms with E-state index in [-0.39, 0.29) is 17.5 Å². The summed E-state index contributed by atoms with van der Waals surface area (Å²) >= 11 is 1.37. The number of amides is 1. The molecule has 0 aliphatic rings. The lowest BCUT2D eigenvalue weighted by Crippen LogP contribution is -2.24. The van der Waals surface area contributed by atoms with E-state index in [0.717, 1.165) is 30.1 Å². The van der Waals surface area contributed by atoms with Crippen molar-refractivity contribution >= 4 is 17.7 Å². The average Bonchev–Trinajstić information content (AvgIpc) is 3.00. The van der Waals surface area contributed by atoms with Crippen LogP contribution in [0.2, 0.25) is 0 Å². The molecule has 23 heavy (non-hydrogen) atoms. The Kier molecular flexibility index (Phi) is 7.06. The van der Waals surface area contributed by atoms with Gasteiger partial charge in [0.2, 0.25) is 5.91 Å². The highest BCUT2D eigenvalue weighted by Gasteiger charge is 2.08. The molecule has 0 aliphatic heterocycles. The summed E-state index contributed by atoms with van der Waals surface area (Å²) in [5.74, 6) is -0.0753. The molecule has 2 aromatic rings. The highest BCUT2D eigenvalue weighted by atomic mass is 32.2. The minimum atomic E-state index is -0.280. The average molecular weight is 336 g/mol. The lowest BCUT2D eigenvalue weighted by Gasteiger charge is -2.07. The molecular formula is C16H21FN4OS. The van der Waals surface area contributed by atoms with Crippen molar-refractivity contribution < 1.29 is 9.18 Å². The summed E-state index contributed by atoms with van der Waals surface area (Å²) < 4.78 is 14.8. The van der Waals surface area contributed by atoms with Crippen molar-refractivity contribution in [1.82, 2.24) is 20.1 Å². The van der Waals surface area contributed by atoms with Crippen LogP contribution >= 0.6 is 11.8 Å². The molecule has 1 aromatic heterocycles. The molecule has 0 radical (unpaired) electrons. The number of unbranched alkanes of at least 4 members (excludes halogenated alkanes) is 2. The van der Waals surface area contributed by atoms with Crippen molar-refractivity contribution in [2.75, 3.05) is 5.75 Å². The smallest absolute Gasteiger partial charge is 0.230 e. The van der Waals surface area contributed by atoms with Crippen LogP contribution in [0.1, 0.15) is 31.7 Å². The third kappa shape index (κ3) is 6.02. The Morgan fingerprint density at radius 2 is 2.09 bits per heavy atom. The van der Waals surface area contributed by atoms with Gasteiger partial charge in [0, 0.05) is 13.1 Å². The van der Waals surface area contributed by atoms with E-state index in [1.807, 2.05) is 4.57 Å². The number of halogens is 1. The maximum Gasteiger partial charge on any atom is 0.230 e. The number of rotatable bonds is 9. The normalized spacial score (nSPS) is 10.7. The maximum absolute atomic E-state index is 12.8. The van der Waals surface area contributed by atoms with Crippen molar-refractivity contribution in [1.29, 1.82) is 0 Å². The van der Waals surface area contributed by atoms with E-state index in [1.54, 1.807) is 18.5 Å². The molecule has 0 bridgehead atoms. The number of hydrogen-bond acceptors (Lipinski definition) is 4. The van der Waals surface area contributed by atoms with E-state index in [2.05, 4.69) is 22.4 Å². The summed E-state index contributed by atoms with van der Waals surface area (Å²) in [7, 11) is 0. The van der Waals surface area contributed by atoms with Gasteiger partial charge >= 0.3 is 0 Å². The number of hydrogen-bond donors (Lipinski definition) is 1. The monoisotopic (exact) mass is 336 g/mol. The fourth-order valence-electron chi connectivity index (χ4n) is 2.03. The number of aryl methyl sites for hydroxylation is 1. The molecule has 1 amide bonds. The molecule has 0 spiro atoms. The Morgan fingerprint density at radius 3 is 2.83 bits per heavy atom. The van der Waals surface area contributed by atoms with Gasteiger partial charge < -0.3 is 9.88 Å². The van der Waals surface area contributed by atoms with Crippen LogP contribution < -0.4 is 5.32 Å². The van der Waals surface area contributed by atoms with E-state index in [1.165, 1.54) is 30.3 Å². The number of thioether (sulfide) groups is 1. The van der Waals surface area contributed by atoms with E-state index < -0.39 is 0 Å². The molecule has 124 valence electrons. The number of nitrogens with one attached hydrogen (secondary N) is 1. The van der Waals surface area contributed by atoms with Crippen LogP contribution in [0.25, 0.3) is 0 Å². The number of benzene rings is 1. The lowest BCUT2D eigenvalue weighted by molar-refractivity contribution is -0.118. The summed E-state index contributed by atoms with van der Waals surface area (Å²) in [6.07, 6.45) is 5.12. The van der Waals surface area contributed by atoms with Crippen LogP contribution in [0.4, 0.5) is 4.39 Å². The molecule has 0 saturated carbocycles. The zero-order chi connectivity index (χ0) is 16.5. The van der Waals surface area contributed by atoms with Gasteiger partial charge in [-0.25, -0.2) is 4.39 Å². The van der Waals surface area contributed by atoms with Gasteiger partial charge in [-0.2, -0.15) is 0 Å². The molecule has 0 fully saturated rings. The first-order chi connectivity index (χ1) is 11.2. The summed E-state index contributed by atoms with van der Waals surface area (Å²) in [5.41, 5.74) is 0.868. The predicted molar refractivity (Wildman–Crippen MR) is 88.5 cm³/mol.